The van der Waals surface area contributed by atoms with Gasteiger partial charge in [0.05, 0.1) is 6.04 Å². The lowest BCUT2D eigenvalue weighted by Crippen LogP contribution is -2.38. The third-order valence-electron chi connectivity index (χ3n) is 4.46. The van der Waals surface area contributed by atoms with Gasteiger partial charge in [0.25, 0.3) is 0 Å². The van der Waals surface area contributed by atoms with Crippen molar-refractivity contribution in [2.45, 2.75) is 39.2 Å². The van der Waals surface area contributed by atoms with E-state index in [-0.39, 0.29) is 11.9 Å². The van der Waals surface area contributed by atoms with E-state index in [0.717, 1.165) is 35.5 Å². The Bertz CT molecular complexity index is 694. The molecular weight excluding hydrogens is 314 g/mol. The first-order valence-corrected chi connectivity index (χ1v) is 8.93. The van der Waals surface area contributed by atoms with Crippen molar-refractivity contribution >= 4 is 28.8 Å². The van der Waals surface area contributed by atoms with Crippen LogP contribution in [0.5, 0.6) is 0 Å². The van der Waals surface area contributed by atoms with E-state index in [2.05, 4.69) is 24.4 Å². The zero-order chi connectivity index (χ0) is 15.7. The van der Waals surface area contributed by atoms with Crippen LogP contribution in [-0.4, -0.2) is 17.4 Å². The second-order valence-corrected chi connectivity index (χ2v) is 7.30. The minimum atomic E-state index is 0.198. The molecule has 0 N–H and O–H groups in total. The topological polar surface area (TPSA) is 20.3 Å². The van der Waals surface area contributed by atoms with Crippen molar-refractivity contribution in [1.29, 1.82) is 0 Å². The largest absolute Gasteiger partial charge is 0.336 e. The van der Waals surface area contributed by atoms with Crippen molar-refractivity contribution in [3.05, 3.63) is 56.2 Å². The number of hydrogen-bond acceptors (Lipinski definition) is 2. The minimum absolute atomic E-state index is 0.198. The Morgan fingerprint density at radius 1 is 1.41 bits per heavy atom. The SMILES string of the molecule is Cc1ccc(CCC(=O)N2CCc3sccc3[C@H]2C)cc1Cl. The number of rotatable bonds is 3. The smallest absolute Gasteiger partial charge is 0.223 e. The molecule has 1 aliphatic heterocycles. The second kappa shape index (κ2) is 6.43. The van der Waals surface area contributed by atoms with Crippen LogP contribution in [0.3, 0.4) is 0 Å². The molecule has 4 heteroatoms. The van der Waals surface area contributed by atoms with Gasteiger partial charge in [0.2, 0.25) is 5.91 Å². The van der Waals surface area contributed by atoms with E-state index < -0.39 is 0 Å². The monoisotopic (exact) mass is 333 g/mol. The predicted octanol–water partition coefficient (Wildman–Crippen LogP) is 4.79. The Morgan fingerprint density at radius 3 is 3.00 bits per heavy atom. The maximum Gasteiger partial charge on any atom is 0.223 e. The van der Waals surface area contributed by atoms with Gasteiger partial charge in [-0.3, -0.25) is 4.79 Å². The Balaban J connectivity index is 1.64. The molecule has 0 unspecified atom stereocenters. The van der Waals surface area contributed by atoms with Crippen LogP contribution in [0.1, 0.15) is 41.0 Å². The zero-order valence-corrected chi connectivity index (χ0v) is 14.5. The Labute approximate surface area is 140 Å². The van der Waals surface area contributed by atoms with Gasteiger partial charge in [0.1, 0.15) is 0 Å². The van der Waals surface area contributed by atoms with E-state index in [4.69, 9.17) is 11.6 Å². The Kier molecular flexibility index (Phi) is 4.55. The van der Waals surface area contributed by atoms with Crippen LogP contribution in [0.4, 0.5) is 0 Å². The number of carbonyl (C=O) groups is 1. The van der Waals surface area contributed by atoms with Crippen molar-refractivity contribution in [3.63, 3.8) is 0 Å². The van der Waals surface area contributed by atoms with Gasteiger partial charge in [-0.05, 0) is 60.9 Å². The lowest BCUT2D eigenvalue weighted by Gasteiger charge is -2.33. The Morgan fingerprint density at radius 2 is 2.23 bits per heavy atom. The molecule has 1 aromatic carbocycles. The fourth-order valence-corrected chi connectivity index (χ4v) is 4.20. The van der Waals surface area contributed by atoms with Crippen molar-refractivity contribution in [2.75, 3.05) is 6.54 Å². The summed E-state index contributed by atoms with van der Waals surface area (Å²) >= 11 is 7.95. The molecule has 2 aromatic rings. The fourth-order valence-electron chi connectivity index (χ4n) is 3.04. The van der Waals surface area contributed by atoms with Gasteiger partial charge in [-0.1, -0.05) is 23.7 Å². The van der Waals surface area contributed by atoms with Gasteiger partial charge in [-0.25, -0.2) is 0 Å². The molecule has 2 heterocycles. The highest BCUT2D eigenvalue weighted by Gasteiger charge is 2.27. The zero-order valence-electron chi connectivity index (χ0n) is 12.9. The molecule has 1 atom stereocenters. The van der Waals surface area contributed by atoms with Gasteiger partial charge >= 0.3 is 0 Å². The van der Waals surface area contributed by atoms with Crippen LogP contribution in [0.15, 0.2) is 29.6 Å². The predicted molar refractivity (Wildman–Crippen MR) is 92.7 cm³/mol. The van der Waals surface area contributed by atoms with Gasteiger partial charge in [0.15, 0.2) is 0 Å². The maximum absolute atomic E-state index is 12.6. The van der Waals surface area contributed by atoms with Gasteiger partial charge in [-0.15, -0.1) is 11.3 Å². The molecule has 2 nitrogen and oxygen atoms in total. The van der Waals surface area contributed by atoms with E-state index in [1.807, 2.05) is 24.0 Å². The molecule has 3 rings (SSSR count). The first kappa shape index (κ1) is 15.6. The van der Waals surface area contributed by atoms with Gasteiger partial charge < -0.3 is 4.90 Å². The van der Waals surface area contributed by atoms with Crippen LogP contribution in [0.2, 0.25) is 5.02 Å². The summed E-state index contributed by atoms with van der Waals surface area (Å²) in [5.41, 5.74) is 3.53. The molecular formula is C18H20ClNOS. The average Bonchev–Trinajstić information content (AvgIpc) is 2.98. The van der Waals surface area contributed by atoms with Crippen molar-refractivity contribution in [3.8, 4) is 0 Å². The van der Waals surface area contributed by atoms with Crippen molar-refractivity contribution in [2.24, 2.45) is 0 Å². The highest BCUT2D eigenvalue weighted by Crippen LogP contribution is 2.33. The second-order valence-electron chi connectivity index (χ2n) is 5.90. The first-order valence-electron chi connectivity index (χ1n) is 7.67. The van der Waals surface area contributed by atoms with Gasteiger partial charge in [-0.2, -0.15) is 0 Å². The van der Waals surface area contributed by atoms with Crippen LogP contribution in [0.25, 0.3) is 0 Å². The quantitative estimate of drug-likeness (QED) is 0.791. The molecule has 1 amide bonds. The molecule has 1 aliphatic rings. The number of aryl methyl sites for hydroxylation is 2. The molecule has 0 bridgehead atoms. The summed E-state index contributed by atoms with van der Waals surface area (Å²) < 4.78 is 0. The lowest BCUT2D eigenvalue weighted by molar-refractivity contribution is -0.133. The number of benzene rings is 1. The van der Waals surface area contributed by atoms with Crippen LogP contribution in [-0.2, 0) is 17.6 Å². The number of nitrogens with zero attached hydrogens (tertiary/aromatic N) is 1. The molecule has 116 valence electrons. The lowest BCUT2D eigenvalue weighted by atomic mass is 10.00. The number of halogens is 1. The van der Waals surface area contributed by atoms with Crippen LogP contribution in [0, 0.1) is 6.92 Å². The van der Waals surface area contributed by atoms with E-state index in [1.54, 1.807) is 11.3 Å². The van der Waals surface area contributed by atoms with E-state index in [1.165, 1.54) is 10.4 Å². The molecule has 0 aliphatic carbocycles. The van der Waals surface area contributed by atoms with Crippen molar-refractivity contribution in [1.82, 2.24) is 4.90 Å². The minimum Gasteiger partial charge on any atom is -0.336 e. The number of amides is 1. The summed E-state index contributed by atoms with van der Waals surface area (Å²) in [5, 5.41) is 2.91. The molecule has 0 radical (unpaired) electrons. The standard InChI is InChI=1S/C18H20ClNOS/c1-12-3-4-14(11-16(12)19)5-6-18(21)20-9-7-17-15(13(20)2)8-10-22-17/h3-4,8,10-11,13H,5-7,9H2,1-2H3/t13-/m1/s1. The van der Waals surface area contributed by atoms with Crippen molar-refractivity contribution < 1.29 is 4.79 Å². The number of thiophene rings is 1. The number of carbonyl (C=O) groups excluding carboxylic acids is 1. The summed E-state index contributed by atoms with van der Waals surface area (Å²) in [6.45, 7) is 4.96. The third kappa shape index (κ3) is 3.06. The summed E-state index contributed by atoms with van der Waals surface area (Å²) in [6.07, 6.45) is 2.28. The maximum atomic E-state index is 12.6. The van der Waals surface area contributed by atoms with Crippen LogP contribution < -0.4 is 0 Å². The fraction of sp³-hybridized carbons (Fsp3) is 0.389. The highest BCUT2D eigenvalue weighted by atomic mass is 35.5. The number of hydrogen-bond donors (Lipinski definition) is 0. The van der Waals surface area contributed by atoms with E-state index in [0.29, 0.717) is 6.42 Å². The molecule has 0 saturated carbocycles. The first-order chi connectivity index (χ1) is 10.6. The molecule has 0 saturated heterocycles. The average molecular weight is 334 g/mol. The summed E-state index contributed by atoms with van der Waals surface area (Å²) in [4.78, 5) is 16.0. The summed E-state index contributed by atoms with van der Waals surface area (Å²) in [7, 11) is 0. The molecule has 22 heavy (non-hydrogen) atoms. The molecule has 0 spiro atoms. The van der Waals surface area contributed by atoms with Crippen LogP contribution >= 0.6 is 22.9 Å². The van der Waals surface area contributed by atoms with E-state index in [9.17, 15) is 4.79 Å². The highest BCUT2D eigenvalue weighted by molar-refractivity contribution is 7.10. The Hall–Kier alpha value is -1.32. The third-order valence-corrected chi connectivity index (χ3v) is 5.87. The summed E-state index contributed by atoms with van der Waals surface area (Å²) in [5.74, 6) is 0.237. The number of fused-ring (bicyclic) bond motifs is 1. The van der Waals surface area contributed by atoms with E-state index >= 15 is 0 Å². The molecule has 0 fully saturated rings. The molecule has 1 aromatic heterocycles. The van der Waals surface area contributed by atoms with Gasteiger partial charge in [0, 0.05) is 22.9 Å². The normalized spacial score (nSPS) is 17.4. The summed E-state index contributed by atoms with van der Waals surface area (Å²) in [6, 6.07) is 8.41.